The lowest BCUT2D eigenvalue weighted by molar-refractivity contribution is -0.127. The van der Waals surface area contributed by atoms with Crippen molar-refractivity contribution in [2.75, 3.05) is 6.61 Å². The van der Waals surface area contributed by atoms with Crippen LogP contribution in [-0.2, 0) is 28.0 Å². The normalized spacial score (nSPS) is 13.4. The smallest absolute Gasteiger partial charge is 0.333 e. The summed E-state index contributed by atoms with van der Waals surface area (Å²) in [5, 5.41) is 18.7. The first-order valence-electron chi connectivity index (χ1n) is 14.3. The number of benzene rings is 1. The van der Waals surface area contributed by atoms with E-state index in [0.717, 1.165) is 10.1 Å². The highest BCUT2D eigenvalue weighted by Crippen LogP contribution is 2.33. The van der Waals surface area contributed by atoms with Gasteiger partial charge in [-0.25, -0.2) is 13.8 Å². The van der Waals surface area contributed by atoms with Crippen molar-refractivity contribution in [3.63, 3.8) is 0 Å². The highest BCUT2D eigenvalue weighted by Gasteiger charge is 2.36. The van der Waals surface area contributed by atoms with Gasteiger partial charge in [0.15, 0.2) is 5.78 Å². The van der Waals surface area contributed by atoms with E-state index in [1.807, 2.05) is 20.8 Å². The van der Waals surface area contributed by atoms with Crippen molar-refractivity contribution in [2.45, 2.75) is 79.5 Å². The predicted octanol–water partition coefficient (Wildman–Crippen LogP) is 5.08. The summed E-state index contributed by atoms with van der Waals surface area (Å²) in [5.74, 6) is -1.14. The summed E-state index contributed by atoms with van der Waals surface area (Å²) in [4.78, 5) is 43.7. The molecule has 0 unspecified atom stereocenters. The van der Waals surface area contributed by atoms with Gasteiger partial charge < -0.3 is 4.74 Å². The van der Waals surface area contributed by atoms with Gasteiger partial charge in [-0.2, -0.15) is 15.5 Å². The number of Topliss-reactive ketones (excluding diaryl/α,β-unsaturated/α-hetero) is 1. The van der Waals surface area contributed by atoms with E-state index >= 15 is 0 Å². The van der Waals surface area contributed by atoms with Crippen LogP contribution < -0.4 is 11.2 Å². The first-order chi connectivity index (χ1) is 20.3. The van der Waals surface area contributed by atoms with E-state index in [1.54, 1.807) is 33.8 Å². The summed E-state index contributed by atoms with van der Waals surface area (Å²) in [6.07, 6.45) is 2.95. The molecule has 12 heteroatoms. The lowest BCUT2D eigenvalue weighted by atomic mass is 9.91. The molecule has 0 saturated heterocycles. The zero-order valence-electron chi connectivity index (χ0n) is 25.5. The maximum atomic E-state index is 14.6. The van der Waals surface area contributed by atoms with Crippen molar-refractivity contribution in [3.05, 3.63) is 73.9 Å². The lowest BCUT2D eigenvalue weighted by Crippen LogP contribution is -2.53. The molecule has 2 atom stereocenters. The summed E-state index contributed by atoms with van der Waals surface area (Å²) in [5.41, 5.74) is -0.788. The molecule has 0 aliphatic rings. The molecule has 3 aromatic heterocycles. The maximum Gasteiger partial charge on any atom is 0.333 e. The van der Waals surface area contributed by atoms with Crippen molar-refractivity contribution >= 4 is 27.3 Å². The molecular weight excluding hydrogens is 571 g/mol. The Hall–Kier alpha value is -3.95. The van der Waals surface area contributed by atoms with Crippen LogP contribution >= 0.6 is 11.3 Å². The minimum absolute atomic E-state index is 0.0224. The molecule has 1 aromatic carbocycles. The van der Waals surface area contributed by atoms with Gasteiger partial charge in [0, 0.05) is 12.0 Å². The molecule has 228 valence electrons. The molecule has 0 fully saturated rings. The van der Waals surface area contributed by atoms with Gasteiger partial charge >= 0.3 is 5.69 Å². The van der Waals surface area contributed by atoms with E-state index in [-0.39, 0.29) is 36.7 Å². The standard InChI is InChI=1S/C31H37FN6O4S/c1-8-21-9-10-22(32)14-23(21)24(42-17-19(4)15-33)16-36-29-26(20(5)28(43-29)38-34-11-12-35-38)27(40)37(30(36)41)31(6,7)25(39)13-18(2)3/h9-12,14,18-19,24H,8,13,16-17H2,1-7H3/t19-,24+/m0/s1. The molecule has 10 nitrogen and oxygen atoms in total. The lowest BCUT2D eigenvalue weighted by Gasteiger charge is -2.28. The number of hydrogen-bond donors (Lipinski definition) is 0. The predicted molar refractivity (Wildman–Crippen MR) is 163 cm³/mol. The van der Waals surface area contributed by atoms with Gasteiger partial charge in [-0.05, 0) is 63.3 Å². The second kappa shape index (κ2) is 12.7. The van der Waals surface area contributed by atoms with E-state index in [4.69, 9.17) is 4.74 Å². The number of carbonyl (C=O) groups excluding carboxylic acids is 1. The number of ketones is 1. The molecule has 0 saturated carbocycles. The van der Waals surface area contributed by atoms with Crippen LogP contribution in [0.1, 0.15) is 70.8 Å². The van der Waals surface area contributed by atoms with Gasteiger partial charge in [0.25, 0.3) is 5.56 Å². The molecule has 4 aromatic rings. The monoisotopic (exact) mass is 608 g/mol. The number of nitrogens with zero attached hydrogens (tertiary/aromatic N) is 6. The number of thiophene rings is 1. The molecule has 43 heavy (non-hydrogen) atoms. The average Bonchev–Trinajstić information content (AvgIpc) is 3.60. The number of halogens is 1. The number of aryl methyl sites for hydroxylation is 2. The summed E-state index contributed by atoms with van der Waals surface area (Å²) in [7, 11) is 0. The number of rotatable bonds is 12. The second-order valence-corrected chi connectivity index (χ2v) is 12.7. The first kappa shape index (κ1) is 32.0. The highest BCUT2D eigenvalue weighted by atomic mass is 32.1. The Morgan fingerprint density at radius 1 is 1.19 bits per heavy atom. The van der Waals surface area contributed by atoms with Crippen LogP contribution in [0.15, 0.2) is 40.2 Å². The van der Waals surface area contributed by atoms with Crippen LogP contribution in [0.25, 0.3) is 15.2 Å². The molecule has 0 aliphatic heterocycles. The van der Waals surface area contributed by atoms with Crippen LogP contribution in [0.3, 0.4) is 0 Å². The molecule has 0 amide bonds. The van der Waals surface area contributed by atoms with Crippen LogP contribution in [0.4, 0.5) is 4.39 Å². The van der Waals surface area contributed by atoms with Gasteiger partial charge in [-0.1, -0.05) is 38.2 Å². The highest BCUT2D eigenvalue weighted by molar-refractivity contribution is 7.21. The van der Waals surface area contributed by atoms with E-state index in [2.05, 4.69) is 16.3 Å². The molecule has 0 aliphatic carbocycles. The zero-order chi connectivity index (χ0) is 31.6. The van der Waals surface area contributed by atoms with Crippen LogP contribution in [0.5, 0.6) is 0 Å². The molecule has 4 rings (SSSR count). The quantitative estimate of drug-likeness (QED) is 0.220. The number of carbonyl (C=O) groups is 1. The Balaban J connectivity index is 2.03. The molecule has 0 bridgehead atoms. The maximum absolute atomic E-state index is 14.6. The van der Waals surface area contributed by atoms with Crippen LogP contribution in [0, 0.1) is 35.9 Å². The number of hydrogen-bond acceptors (Lipinski definition) is 8. The third kappa shape index (κ3) is 6.24. The van der Waals surface area contributed by atoms with Crippen molar-refractivity contribution in [3.8, 4) is 11.1 Å². The Bertz CT molecular complexity index is 1800. The summed E-state index contributed by atoms with van der Waals surface area (Å²) >= 11 is 1.17. The Morgan fingerprint density at radius 2 is 1.86 bits per heavy atom. The minimum Gasteiger partial charge on any atom is -0.370 e. The van der Waals surface area contributed by atoms with E-state index in [1.165, 1.54) is 45.2 Å². The molecule has 0 spiro atoms. The van der Waals surface area contributed by atoms with Gasteiger partial charge in [0.2, 0.25) is 0 Å². The van der Waals surface area contributed by atoms with Gasteiger partial charge in [-0.3, -0.25) is 14.2 Å². The van der Waals surface area contributed by atoms with E-state index < -0.39 is 34.6 Å². The second-order valence-electron chi connectivity index (χ2n) is 11.7. The molecular formula is C31H37FN6O4S. The fraction of sp³-hybridized carbons (Fsp3) is 0.484. The zero-order valence-corrected chi connectivity index (χ0v) is 26.4. The fourth-order valence-electron chi connectivity index (χ4n) is 5.14. The van der Waals surface area contributed by atoms with Crippen molar-refractivity contribution in [1.29, 1.82) is 5.26 Å². The van der Waals surface area contributed by atoms with Crippen LogP contribution in [0.2, 0.25) is 0 Å². The average molecular weight is 609 g/mol. The first-order valence-corrected chi connectivity index (χ1v) is 15.1. The van der Waals surface area contributed by atoms with E-state index in [9.17, 15) is 24.0 Å². The topological polar surface area (TPSA) is 125 Å². The largest absolute Gasteiger partial charge is 0.370 e. The van der Waals surface area contributed by atoms with E-state index in [0.29, 0.717) is 27.4 Å². The summed E-state index contributed by atoms with van der Waals surface area (Å²) < 4.78 is 23.3. The fourth-order valence-corrected chi connectivity index (χ4v) is 6.36. The number of aromatic nitrogens is 5. The Kier molecular flexibility index (Phi) is 9.47. The Labute approximate surface area is 253 Å². The number of fused-ring (bicyclic) bond motifs is 1. The molecule has 0 radical (unpaired) electrons. The molecule has 3 heterocycles. The van der Waals surface area contributed by atoms with Gasteiger partial charge in [-0.15, -0.1) is 4.80 Å². The SMILES string of the molecule is CCc1ccc(F)cc1[C@@H](Cn1c(=O)n(C(C)(C)C(=O)CC(C)C)c(=O)c2c(C)c(-n3nccn3)sc21)OC[C@@H](C)C#N. The summed E-state index contributed by atoms with van der Waals surface area (Å²) in [6, 6.07) is 6.58. The van der Waals surface area contributed by atoms with Crippen molar-refractivity contribution in [1.82, 2.24) is 24.1 Å². The van der Waals surface area contributed by atoms with Gasteiger partial charge in [0.05, 0.1) is 42.9 Å². The minimum atomic E-state index is -1.45. The number of nitriles is 1. The third-order valence-corrected chi connectivity index (χ3v) is 8.86. The van der Waals surface area contributed by atoms with Crippen molar-refractivity contribution < 1.29 is 13.9 Å². The number of ether oxygens (including phenoxy) is 1. The van der Waals surface area contributed by atoms with Crippen LogP contribution in [-0.4, -0.2) is 36.5 Å². The third-order valence-electron chi connectivity index (χ3n) is 7.57. The van der Waals surface area contributed by atoms with Crippen molar-refractivity contribution in [2.24, 2.45) is 11.8 Å². The summed E-state index contributed by atoms with van der Waals surface area (Å²) in [6.45, 7) is 12.3. The molecule has 0 N–H and O–H groups in total. The Morgan fingerprint density at radius 3 is 2.47 bits per heavy atom. The van der Waals surface area contributed by atoms with Gasteiger partial charge in [0.1, 0.15) is 27.3 Å².